The molecule has 1 saturated heterocycles. The number of hydrogen-bond acceptors (Lipinski definition) is 8. The average Bonchev–Trinajstić information content (AvgIpc) is 3.62. The van der Waals surface area contributed by atoms with Crippen LogP contribution in [0.25, 0.3) is 16.8 Å². The normalized spacial score (nSPS) is 14.3. The van der Waals surface area contributed by atoms with Gasteiger partial charge in [0.25, 0.3) is 6.01 Å². The minimum absolute atomic E-state index is 0.0857. The second kappa shape index (κ2) is 13.5. The number of rotatable bonds is 14. The van der Waals surface area contributed by atoms with Crippen LogP contribution in [0.3, 0.4) is 0 Å². The van der Waals surface area contributed by atoms with Crippen molar-refractivity contribution in [2.45, 2.75) is 52.1 Å². The topological polar surface area (TPSA) is 111 Å². The molecule has 3 heterocycles. The number of carboxylic acid groups (broad SMARTS) is 1. The van der Waals surface area contributed by atoms with E-state index in [9.17, 15) is 4.79 Å². The van der Waals surface area contributed by atoms with Gasteiger partial charge in [0.1, 0.15) is 28.5 Å². The van der Waals surface area contributed by atoms with Crippen LogP contribution in [0.15, 0.2) is 59.3 Å². The fraction of sp³-hybridized carbons (Fsp3) is 0.419. The molecule has 0 amide bonds. The number of carbonyl (C=O) groups is 1. The van der Waals surface area contributed by atoms with Gasteiger partial charge in [-0.25, -0.2) is 0 Å². The van der Waals surface area contributed by atoms with E-state index in [1.165, 1.54) is 5.56 Å². The van der Waals surface area contributed by atoms with Crippen molar-refractivity contribution in [2.24, 2.45) is 0 Å². The zero-order valence-corrected chi connectivity index (χ0v) is 23.7. The van der Waals surface area contributed by atoms with Crippen molar-refractivity contribution in [1.29, 1.82) is 0 Å². The van der Waals surface area contributed by atoms with Crippen LogP contribution in [0.1, 0.15) is 45.1 Å². The lowest BCUT2D eigenvalue weighted by Crippen LogP contribution is -2.38. The average molecular weight is 563 g/mol. The number of ether oxygens (including phenoxy) is 3. The summed E-state index contributed by atoms with van der Waals surface area (Å²) in [4.78, 5) is 17.7. The van der Waals surface area contributed by atoms with Gasteiger partial charge in [-0.2, -0.15) is 4.98 Å². The molecule has 0 spiro atoms. The molecular weight excluding hydrogens is 524 g/mol. The van der Waals surface area contributed by atoms with E-state index >= 15 is 0 Å². The number of fused-ring (bicyclic) bond motifs is 1. The first-order valence-corrected chi connectivity index (χ1v) is 14.3. The number of carboxylic acids is 1. The maximum Gasteiger partial charge on any atom is 0.303 e. The van der Waals surface area contributed by atoms with Crippen molar-refractivity contribution >= 4 is 23.1 Å². The third kappa shape index (κ3) is 7.32. The van der Waals surface area contributed by atoms with Gasteiger partial charge < -0.3 is 33.6 Å². The lowest BCUT2D eigenvalue weighted by molar-refractivity contribution is -0.137. The van der Waals surface area contributed by atoms with Crippen LogP contribution < -0.4 is 19.5 Å². The molecule has 5 rings (SSSR count). The number of aromatic nitrogens is 2. The molecule has 2 aromatic carbocycles. The molecule has 10 nitrogen and oxygen atoms in total. The van der Waals surface area contributed by atoms with E-state index in [0.717, 1.165) is 49.7 Å². The molecule has 0 bridgehead atoms. The molecule has 0 atom stereocenters. The van der Waals surface area contributed by atoms with Crippen LogP contribution in [0.5, 0.6) is 17.2 Å². The molecule has 0 unspecified atom stereocenters. The summed E-state index contributed by atoms with van der Waals surface area (Å²) >= 11 is 0. The lowest BCUT2D eigenvalue weighted by atomic mass is 10.0. The molecule has 0 aliphatic carbocycles. The summed E-state index contributed by atoms with van der Waals surface area (Å²) in [5.74, 6) is 1.48. The van der Waals surface area contributed by atoms with Crippen LogP contribution in [0.4, 0.5) is 6.01 Å². The highest BCUT2D eigenvalue weighted by molar-refractivity contribution is 5.76. The Balaban J connectivity index is 1.18. The summed E-state index contributed by atoms with van der Waals surface area (Å²) in [6, 6.07) is 14.5. The quantitative estimate of drug-likeness (QED) is 0.186. The first-order valence-electron chi connectivity index (χ1n) is 14.3. The van der Waals surface area contributed by atoms with Gasteiger partial charge in [0.15, 0.2) is 5.58 Å². The molecule has 1 fully saturated rings. The maximum atomic E-state index is 10.7. The summed E-state index contributed by atoms with van der Waals surface area (Å²) in [7, 11) is 0. The van der Waals surface area contributed by atoms with E-state index in [-0.39, 0.29) is 12.5 Å². The Labute approximate surface area is 239 Å². The van der Waals surface area contributed by atoms with Crippen LogP contribution in [-0.2, 0) is 11.3 Å². The number of anilines is 1. The Morgan fingerprint density at radius 2 is 1.76 bits per heavy atom. The maximum absolute atomic E-state index is 10.7. The number of nitrogens with one attached hydrogen (secondary N) is 1. The minimum atomic E-state index is -0.823. The number of benzene rings is 2. The van der Waals surface area contributed by atoms with Crippen LogP contribution >= 0.6 is 0 Å². The van der Waals surface area contributed by atoms with E-state index in [0.29, 0.717) is 49.1 Å². The van der Waals surface area contributed by atoms with Crippen LogP contribution in [0, 0.1) is 0 Å². The highest BCUT2D eigenvalue weighted by Crippen LogP contribution is 2.35. The molecular formula is C31H38N4O6. The lowest BCUT2D eigenvalue weighted by Gasteiger charge is -2.32. The number of piperidine rings is 1. The fourth-order valence-electron chi connectivity index (χ4n) is 5.14. The predicted octanol–water partition coefficient (Wildman–Crippen LogP) is 5.74. The summed E-state index contributed by atoms with van der Waals surface area (Å²) in [6.07, 6.45) is 6.49. The van der Waals surface area contributed by atoms with Gasteiger partial charge in [0.05, 0.1) is 19.8 Å². The first kappa shape index (κ1) is 28.4. The highest BCUT2D eigenvalue weighted by Gasteiger charge is 2.22. The number of aliphatic carboxylic acids is 1. The number of oxazole rings is 1. The second-order valence-corrected chi connectivity index (χ2v) is 10.1. The Morgan fingerprint density at radius 3 is 2.41 bits per heavy atom. The molecule has 10 heteroatoms. The van der Waals surface area contributed by atoms with Gasteiger partial charge in [0, 0.05) is 50.6 Å². The molecule has 4 aromatic rings. The molecule has 41 heavy (non-hydrogen) atoms. The van der Waals surface area contributed by atoms with E-state index in [4.69, 9.17) is 23.7 Å². The molecule has 1 aliphatic rings. The summed E-state index contributed by atoms with van der Waals surface area (Å²) in [6.45, 7) is 8.21. The molecule has 1 aliphatic heterocycles. The Kier molecular flexibility index (Phi) is 9.30. The number of nitrogens with zero attached hydrogens (tertiary/aromatic N) is 3. The van der Waals surface area contributed by atoms with Crippen molar-refractivity contribution in [3.05, 3.63) is 60.4 Å². The van der Waals surface area contributed by atoms with E-state index in [1.54, 1.807) is 0 Å². The summed E-state index contributed by atoms with van der Waals surface area (Å²) in [5.41, 5.74) is 3.49. The third-order valence-electron chi connectivity index (χ3n) is 7.05. The molecule has 2 aromatic heterocycles. The van der Waals surface area contributed by atoms with Crippen molar-refractivity contribution in [3.63, 3.8) is 0 Å². The van der Waals surface area contributed by atoms with Crippen molar-refractivity contribution < 1.29 is 28.5 Å². The van der Waals surface area contributed by atoms with Gasteiger partial charge in [-0.15, -0.1) is 0 Å². The fourth-order valence-corrected chi connectivity index (χ4v) is 5.14. The summed E-state index contributed by atoms with van der Waals surface area (Å²) < 4.78 is 25.7. The summed E-state index contributed by atoms with van der Waals surface area (Å²) in [5, 5.41) is 12.2. The van der Waals surface area contributed by atoms with Crippen LogP contribution in [-0.4, -0.2) is 64.5 Å². The minimum Gasteiger partial charge on any atom is -0.493 e. The Hall–Kier alpha value is -4.18. The van der Waals surface area contributed by atoms with Gasteiger partial charge in [-0.3, -0.25) is 9.69 Å². The zero-order chi connectivity index (χ0) is 28.6. The number of likely N-dealkylation sites (tertiary alicyclic amines) is 1. The monoisotopic (exact) mass is 562 g/mol. The van der Waals surface area contributed by atoms with Crippen LogP contribution in [0.2, 0.25) is 0 Å². The van der Waals surface area contributed by atoms with Crippen molar-refractivity contribution in [2.75, 3.05) is 38.2 Å². The van der Waals surface area contributed by atoms with E-state index < -0.39 is 5.97 Å². The second-order valence-electron chi connectivity index (χ2n) is 10.1. The van der Waals surface area contributed by atoms with E-state index in [2.05, 4.69) is 27.3 Å². The standard InChI is InChI=1S/C31H38N4O6/c1-3-38-27-18-22(19-28(39-4-2)30(27)35-13-5-6-14-35)21-34-15-11-23(12-16-34)32-31-33-25-20-24(9-10-26(25)41-31)40-17-7-8-29(36)37/h5-6,9-10,13-14,18-20,23H,3-4,7-8,11-12,15-17,21H2,1-2H3,(H,32,33)(H,36,37). The van der Waals surface area contributed by atoms with Gasteiger partial charge >= 0.3 is 5.97 Å². The third-order valence-corrected chi connectivity index (χ3v) is 7.05. The molecule has 0 radical (unpaired) electrons. The van der Waals surface area contributed by atoms with Crippen molar-refractivity contribution in [3.8, 4) is 22.9 Å². The molecule has 2 N–H and O–H groups in total. The van der Waals surface area contributed by atoms with Gasteiger partial charge in [-0.1, -0.05) is 0 Å². The molecule has 218 valence electrons. The number of hydrogen-bond donors (Lipinski definition) is 2. The highest BCUT2D eigenvalue weighted by atomic mass is 16.5. The smallest absolute Gasteiger partial charge is 0.303 e. The van der Waals surface area contributed by atoms with Gasteiger partial charge in [0.2, 0.25) is 0 Å². The first-order chi connectivity index (χ1) is 20.0. The van der Waals surface area contributed by atoms with Gasteiger partial charge in [-0.05, 0) is 75.1 Å². The predicted molar refractivity (Wildman–Crippen MR) is 156 cm³/mol. The Bertz CT molecular complexity index is 1400. The molecule has 0 saturated carbocycles. The Morgan fingerprint density at radius 1 is 1.05 bits per heavy atom. The van der Waals surface area contributed by atoms with Crippen molar-refractivity contribution in [1.82, 2.24) is 14.5 Å². The van der Waals surface area contributed by atoms with E-state index in [1.807, 2.05) is 61.1 Å². The SMILES string of the molecule is CCOc1cc(CN2CCC(Nc3nc4cc(OCCCC(=O)O)ccc4o3)CC2)cc(OCC)c1-n1cccc1. The largest absolute Gasteiger partial charge is 0.493 e. The zero-order valence-electron chi connectivity index (χ0n) is 23.7.